The third-order valence-electron chi connectivity index (χ3n) is 1.97. The minimum absolute atomic E-state index is 0.00965. The van der Waals surface area contributed by atoms with Crippen molar-refractivity contribution in [2.45, 2.75) is 39.7 Å². The van der Waals surface area contributed by atoms with Crippen LogP contribution in [-0.2, 0) is 4.79 Å². The molecular weight excluding hydrogens is 126 g/mol. The lowest BCUT2D eigenvalue weighted by molar-refractivity contribution is -0.126. The Morgan fingerprint density at radius 2 is 2.00 bits per heavy atom. The summed E-state index contributed by atoms with van der Waals surface area (Å²) in [6.45, 7) is 6.00. The zero-order valence-electron chi connectivity index (χ0n) is 6.90. The van der Waals surface area contributed by atoms with Gasteiger partial charge < -0.3 is 5.32 Å². The van der Waals surface area contributed by atoms with E-state index >= 15 is 0 Å². The van der Waals surface area contributed by atoms with Crippen LogP contribution < -0.4 is 5.32 Å². The Morgan fingerprint density at radius 1 is 1.50 bits per heavy atom. The van der Waals surface area contributed by atoms with Crippen LogP contribution in [0.15, 0.2) is 0 Å². The van der Waals surface area contributed by atoms with Gasteiger partial charge in [0.15, 0.2) is 0 Å². The number of hydrogen-bond donors (Lipinski definition) is 1. The summed E-state index contributed by atoms with van der Waals surface area (Å²) in [5, 5.41) is 2.91. The predicted octanol–water partition coefficient (Wildman–Crippen LogP) is 1.31. The number of amides is 1. The molecule has 0 spiro atoms. The molecule has 0 radical (unpaired) electrons. The van der Waals surface area contributed by atoms with E-state index in [-0.39, 0.29) is 17.4 Å². The van der Waals surface area contributed by atoms with Crippen molar-refractivity contribution in [3.05, 3.63) is 0 Å². The van der Waals surface area contributed by atoms with E-state index in [2.05, 4.69) is 5.32 Å². The fourth-order valence-corrected chi connectivity index (χ4v) is 0.851. The molecule has 0 unspecified atom stereocenters. The maximum atomic E-state index is 11.2. The molecule has 0 saturated heterocycles. The van der Waals surface area contributed by atoms with Crippen LogP contribution in [0.3, 0.4) is 0 Å². The zero-order chi connectivity index (χ0) is 7.78. The van der Waals surface area contributed by atoms with Crippen molar-refractivity contribution in [2.24, 2.45) is 5.41 Å². The molecule has 1 fully saturated rings. The number of hydrogen-bond acceptors (Lipinski definition) is 1. The van der Waals surface area contributed by atoms with Gasteiger partial charge in [-0.3, -0.25) is 4.79 Å². The Labute approximate surface area is 62.0 Å². The molecule has 0 aromatic carbocycles. The second-order valence-corrected chi connectivity index (χ2v) is 3.69. The van der Waals surface area contributed by atoms with Gasteiger partial charge in [-0.1, -0.05) is 6.92 Å². The van der Waals surface area contributed by atoms with E-state index in [1.165, 1.54) is 0 Å². The average Bonchev–Trinajstić information content (AvgIpc) is 2.47. The molecule has 1 aliphatic carbocycles. The molecule has 1 rings (SSSR count). The standard InChI is InChI=1S/C8H15NO/c1-6(2)9-7(10)8(3)4-5-8/h6H,4-5H2,1-3H3,(H,9,10). The summed E-state index contributed by atoms with van der Waals surface area (Å²) in [7, 11) is 0. The summed E-state index contributed by atoms with van der Waals surface area (Å²) < 4.78 is 0. The number of carbonyl (C=O) groups is 1. The average molecular weight is 141 g/mol. The van der Waals surface area contributed by atoms with Gasteiger partial charge in [-0.15, -0.1) is 0 Å². The van der Waals surface area contributed by atoms with Gasteiger partial charge in [-0.05, 0) is 26.7 Å². The van der Waals surface area contributed by atoms with Crippen LogP contribution in [0, 0.1) is 5.41 Å². The third kappa shape index (κ3) is 1.49. The Hall–Kier alpha value is -0.530. The largest absolute Gasteiger partial charge is 0.353 e. The van der Waals surface area contributed by atoms with Gasteiger partial charge in [0.1, 0.15) is 0 Å². The zero-order valence-corrected chi connectivity index (χ0v) is 6.90. The summed E-state index contributed by atoms with van der Waals surface area (Å²) in [5.41, 5.74) is -0.00965. The van der Waals surface area contributed by atoms with Gasteiger partial charge in [0.25, 0.3) is 0 Å². The van der Waals surface area contributed by atoms with E-state index < -0.39 is 0 Å². The first-order chi connectivity index (χ1) is 4.54. The quantitative estimate of drug-likeness (QED) is 0.617. The summed E-state index contributed by atoms with van der Waals surface area (Å²) in [6.07, 6.45) is 2.12. The first-order valence-corrected chi connectivity index (χ1v) is 3.85. The lowest BCUT2D eigenvalue weighted by Crippen LogP contribution is -2.35. The highest BCUT2D eigenvalue weighted by Gasteiger charge is 2.44. The molecule has 0 aliphatic heterocycles. The van der Waals surface area contributed by atoms with Crippen molar-refractivity contribution in [3.63, 3.8) is 0 Å². The van der Waals surface area contributed by atoms with E-state index in [1.54, 1.807) is 0 Å². The summed E-state index contributed by atoms with van der Waals surface area (Å²) in [6, 6.07) is 0.282. The lowest BCUT2D eigenvalue weighted by Gasteiger charge is -2.12. The van der Waals surface area contributed by atoms with Gasteiger partial charge in [-0.25, -0.2) is 0 Å². The first kappa shape index (κ1) is 7.58. The molecule has 2 nitrogen and oxygen atoms in total. The van der Waals surface area contributed by atoms with Crippen molar-refractivity contribution in [2.75, 3.05) is 0 Å². The normalized spacial score (nSPS) is 20.8. The fourth-order valence-electron chi connectivity index (χ4n) is 0.851. The van der Waals surface area contributed by atoms with E-state index in [4.69, 9.17) is 0 Å². The molecule has 2 heteroatoms. The predicted molar refractivity (Wildman–Crippen MR) is 40.6 cm³/mol. The Balaban J connectivity index is 2.35. The molecule has 0 heterocycles. The highest BCUT2D eigenvalue weighted by molar-refractivity contribution is 5.84. The fraction of sp³-hybridized carbons (Fsp3) is 0.875. The number of carbonyl (C=O) groups excluding carboxylic acids is 1. The van der Waals surface area contributed by atoms with E-state index in [0.29, 0.717) is 0 Å². The summed E-state index contributed by atoms with van der Waals surface area (Å²) >= 11 is 0. The van der Waals surface area contributed by atoms with Crippen LogP contribution in [0.25, 0.3) is 0 Å². The highest BCUT2D eigenvalue weighted by atomic mass is 16.2. The van der Waals surface area contributed by atoms with Crippen LogP contribution in [0.2, 0.25) is 0 Å². The van der Waals surface area contributed by atoms with Crippen LogP contribution in [0.1, 0.15) is 33.6 Å². The second-order valence-electron chi connectivity index (χ2n) is 3.69. The minimum atomic E-state index is -0.00965. The van der Waals surface area contributed by atoms with Gasteiger partial charge in [-0.2, -0.15) is 0 Å². The monoisotopic (exact) mass is 141 g/mol. The van der Waals surface area contributed by atoms with Gasteiger partial charge in [0, 0.05) is 11.5 Å². The summed E-state index contributed by atoms with van der Waals surface area (Å²) in [5.74, 6) is 0.225. The molecule has 1 aliphatic rings. The lowest BCUT2D eigenvalue weighted by atomic mass is 10.1. The van der Waals surface area contributed by atoms with Crippen molar-refractivity contribution < 1.29 is 4.79 Å². The molecule has 58 valence electrons. The molecule has 0 aromatic rings. The highest BCUT2D eigenvalue weighted by Crippen LogP contribution is 2.44. The van der Waals surface area contributed by atoms with Crippen molar-refractivity contribution >= 4 is 5.91 Å². The number of nitrogens with one attached hydrogen (secondary N) is 1. The van der Waals surface area contributed by atoms with Gasteiger partial charge in [0.05, 0.1) is 0 Å². The SMILES string of the molecule is CC(C)NC(=O)C1(C)CC1. The maximum absolute atomic E-state index is 11.2. The topological polar surface area (TPSA) is 29.1 Å². The second kappa shape index (κ2) is 2.26. The first-order valence-electron chi connectivity index (χ1n) is 3.85. The maximum Gasteiger partial charge on any atom is 0.226 e. The Morgan fingerprint density at radius 3 is 2.30 bits per heavy atom. The molecule has 10 heavy (non-hydrogen) atoms. The number of rotatable bonds is 2. The molecule has 1 N–H and O–H groups in total. The van der Waals surface area contributed by atoms with E-state index in [1.807, 2.05) is 20.8 Å². The smallest absolute Gasteiger partial charge is 0.226 e. The van der Waals surface area contributed by atoms with E-state index in [0.717, 1.165) is 12.8 Å². The van der Waals surface area contributed by atoms with Crippen LogP contribution >= 0.6 is 0 Å². The van der Waals surface area contributed by atoms with Crippen LogP contribution in [0.5, 0.6) is 0 Å². The van der Waals surface area contributed by atoms with Crippen molar-refractivity contribution in [1.82, 2.24) is 5.32 Å². The van der Waals surface area contributed by atoms with Crippen LogP contribution in [-0.4, -0.2) is 11.9 Å². The van der Waals surface area contributed by atoms with Crippen LogP contribution in [0.4, 0.5) is 0 Å². The molecule has 1 saturated carbocycles. The summed E-state index contributed by atoms with van der Waals surface area (Å²) in [4.78, 5) is 11.2. The van der Waals surface area contributed by atoms with E-state index in [9.17, 15) is 4.79 Å². The minimum Gasteiger partial charge on any atom is -0.353 e. The van der Waals surface area contributed by atoms with Gasteiger partial charge in [0.2, 0.25) is 5.91 Å². The molecule has 0 bridgehead atoms. The van der Waals surface area contributed by atoms with Crippen molar-refractivity contribution in [3.8, 4) is 0 Å². The molecule has 0 atom stereocenters. The third-order valence-corrected chi connectivity index (χ3v) is 1.97. The van der Waals surface area contributed by atoms with Gasteiger partial charge >= 0.3 is 0 Å². The Bertz CT molecular complexity index is 147. The Kier molecular flexibility index (Phi) is 1.71. The van der Waals surface area contributed by atoms with Crippen molar-refractivity contribution in [1.29, 1.82) is 0 Å². The molecular formula is C8H15NO. The molecule has 0 aromatic heterocycles. The molecule has 1 amide bonds.